The maximum Gasteiger partial charge on any atom is 0.263 e. The predicted molar refractivity (Wildman–Crippen MR) is 92.4 cm³/mol. The molecular formula is C18H21FN2OS. The molecule has 1 amide bonds. The summed E-state index contributed by atoms with van der Waals surface area (Å²) in [6.45, 7) is 4.60. The van der Waals surface area contributed by atoms with Crippen molar-refractivity contribution < 1.29 is 9.18 Å². The van der Waals surface area contributed by atoms with Gasteiger partial charge in [0.05, 0.1) is 4.88 Å². The molecule has 0 saturated carbocycles. The summed E-state index contributed by atoms with van der Waals surface area (Å²) in [5.74, 6) is 0.415. The summed E-state index contributed by atoms with van der Waals surface area (Å²) in [5.41, 5.74) is 2.03. The van der Waals surface area contributed by atoms with E-state index < -0.39 is 0 Å². The summed E-state index contributed by atoms with van der Waals surface area (Å²) < 4.78 is 13.1. The third-order valence-corrected chi connectivity index (χ3v) is 5.58. The number of amides is 1. The van der Waals surface area contributed by atoms with Gasteiger partial charge in [0, 0.05) is 18.0 Å². The first-order valence-corrected chi connectivity index (χ1v) is 8.70. The largest absolute Gasteiger partial charge is 0.338 e. The van der Waals surface area contributed by atoms with E-state index in [1.807, 2.05) is 24.9 Å². The second-order valence-electron chi connectivity index (χ2n) is 6.09. The van der Waals surface area contributed by atoms with E-state index in [4.69, 9.17) is 0 Å². The smallest absolute Gasteiger partial charge is 0.263 e. The lowest BCUT2D eigenvalue weighted by atomic mass is 10.1. The van der Waals surface area contributed by atoms with E-state index in [0.717, 1.165) is 46.9 Å². The fourth-order valence-electron chi connectivity index (χ4n) is 3.10. The summed E-state index contributed by atoms with van der Waals surface area (Å²) in [6.07, 6.45) is 1.06. The number of aryl methyl sites for hydroxylation is 1. The number of benzene rings is 1. The molecule has 0 spiro atoms. The summed E-state index contributed by atoms with van der Waals surface area (Å²) in [5, 5.41) is 3.18. The zero-order valence-electron chi connectivity index (χ0n) is 13.4. The van der Waals surface area contributed by atoms with Crippen molar-refractivity contribution >= 4 is 17.2 Å². The van der Waals surface area contributed by atoms with E-state index in [2.05, 4.69) is 5.32 Å². The molecule has 2 aromatic rings. The predicted octanol–water partition coefficient (Wildman–Crippen LogP) is 3.54. The van der Waals surface area contributed by atoms with Gasteiger partial charge in [0.25, 0.3) is 5.91 Å². The Kier molecular flexibility index (Phi) is 4.78. The molecule has 5 heteroatoms. The third-order valence-electron chi connectivity index (χ3n) is 4.30. The van der Waals surface area contributed by atoms with Crippen molar-refractivity contribution in [2.75, 3.05) is 26.7 Å². The van der Waals surface area contributed by atoms with Gasteiger partial charge >= 0.3 is 0 Å². The highest BCUT2D eigenvalue weighted by Crippen LogP contribution is 2.33. The summed E-state index contributed by atoms with van der Waals surface area (Å²) in [7, 11) is 1.95. The minimum atomic E-state index is -0.244. The van der Waals surface area contributed by atoms with Crippen molar-refractivity contribution in [1.82, 2.24) is 10.2 Å². The lowest BCUT2D eigenvalue weighted by Gasteiger charge is -2.15. The van der Waals surface area contributed by atoms with Crippen molar-refractivity contribution in [2.45, 2.75) is 13.3 Å². The molecular weight excluding hydrogens is 311 g/mol. The minimum absolute atomic E-state index is 0.116. The molecule has 1 fully saturated rings. The van der Waals surface area contributed by atoms with Crippen molar-refractivity contribution in [3.05, 3.63) is 46.6 Å². The van der Waals surface area contributed by atoms with Crippen molar-refractivity contribution in [1.29, 1.82) is 0 Å². The normalized spacial score (nSPS) is 17.7. The summed E-state index contributed by atoms with van der Waals surface area (Å²) in [4.78, 5) is 16.5. The maximum atomic E-state index is 13.1. The number of rotatable bonds is 4. The second-order valence-corrected chi connectivity index (χ2v) is 7.15. The fourth-order valence-corrected chi connectivity index (χ4v) is 4.25. The SMILES string of the molecule is CNC[C@H]1CCN(C(=O)c2cc(C)c(-c3ccc(F)cc3)s2)C1. The highest BCUT2D eigenvalue weighted by Gasteiger charge is 2.27. The second kappa shape index (κ2) is 6.81. The van der Waals surface area contributed by atoms with Gasteiger partial charge in [-0.15, -0.1) is 11.3 Å². The van der Waals surface area contributed by atoms with Crippen molar-refractivity contribution in [2.24, 2.45) is 5.92 Å². The number of carbonyl (C=O) groups excluding carboxylic acids is 1. The first kappa shape index (κ1) is 16.1. The Morgan fingerprint density at radius 3 is 2.83 bits per heavy atom. The average Bonchev–Trinajstić information content (AvgIpc) is 3.15. The van der Waals surface area contributed by atoms with Crippen LogP contribution < -0.4 is 5.32 Å². The number of likely N-dealkylation sites (tertiary alicyclic amines) is 1. The lowest BCUT2D eigenvalue weighted by molar-refractivity contribution is 0.0792. The Labute approximate surface area is 140 Å². The molecule has 3 nitrogen and oxygen atoms in total. The molecule has 2 heterocycles. The average molecular weight is 332 g/mol. The molecule has 1 aliphatic rings. The molecule has 0 radical (unpaired) electrons. The van der Waals surface area contributed by atoms with Crippen molar-refractivity contribution in [3.8, 4) is 10.4 Å². The zero-order valence-corrected chi connectivity index (χ0v) is 14.3. The first-order valence-electron chi connectivity index (χ1n) is 7.88. The molecule has 1 N–H and O–H groups in total. The van der Waals surface area contributed by atoms with Crippen LogP contribution in [0.2, 0.25) is 0 Å². The zero-order chi connectivity index (χ0) is 16.4. The topological polar surface area (TPSA) is 32.3 Å². The van der Waals surface area contributed by atoms with Crippen LogP contribution in [0.25, 0.3) is 10.4 Å². The van der Waals surface area contributed by atoms with Gasteiger partial charge in [-0.3, -0.25) is 4.79 Å². The van der Waals surface area contributed by atoms with E-state index in [1.54, 1.807) is 12.1 Å². The van der Waals surface area contributed by atoms with Crippen molar-refractivity contribution in [3.63, 3.8) is 0 Å². The van der Waals surface area contributed by atoms with E-state index in [9.17, 15) is 9.18 Å². The highest BCUT2D eigenvalue weighted by molar-refractivity contribution is 7.17. The monoisotopic (exact) mass is 332 g/mol. The molecule has 1 aromatic carbocycles. The number of thiophene rings is 1. The van der Waals surface area contributed by atoms with Crippen LogP contribution in [0.4, 0.5) is 4.39 Å². The van der Waals surface area contributed by atoms with E-state index in [0.29, 0.717) is 5.92 Å². The van der Waals surface area contributed by atoms with Gasteiger partial charge in [0.15, 0.2) is 0 Å². The van der Waals surface area contributed by atoms with Crippen LogP contribution in [0.1, 0.15) is 21.7 Å². The molecule has 23 heavy (non-hydrogen) atoms. The maximum absolute atomic E-state index is 13.1. The Hall–Kier alpha value is -1.72. The van der Waals surface area contributed by atoms with Gasteiger partial charge in [-0.1, -0.05) is 12.1 Å². The molecule has 1 saturated heterocycles. The number of nitrogens with one attached hydrogen (secondary N) is 1. The van der Waals surface area contributed by atoms with Crippen LogP contribution in [-0.4, -0.2) is 37.5 Å². The van der Waals surface area contributed by atoms with Gasteiger partial charge in [0.2, 0.25) is 0 Å². The molecule has 1 aliphatic heterocycles. The van der Waals surface area contributed by atoms with Gasteiger partial charge < -0.3 is 10.2 Å². The standard InChI is InChI=1S/C18H21FN2OS/c1-12-9-16(18(22)21-8-7-13(11-21)10-20-2)23-17(12)14-3-5-15(19)6-4-14/h3-6,9,13,20H,7-8,10-11H2,1-2H3/t13-/m1/s1. The molecule has 0 aliphatic carbocycles. The third kappa shape index (κ3) is 3.46. The van der Waals surface area contributed by atoms with E-state index in [-0.39, 0.29) is 11.7 Å². The number of hydrogen-bond donors (Lipinski definition) is 1. The van der Waals surface area contributed by atoms with Crippen LogP contribution in [0.5, 0.6) is 0 Å². The fraction of sp³-hybridized carbons (Fsp3) is 0.389. The number of halogens is 1. The minimum Gasteiger partial charge on any atom is -0.338 e. The number of carbonyl (C=O) groups is 1. The molecule has 1 aromatic heterocycles. The first-order chi connectivity index (χ1) is 11.1. The van der Waals surface area contributed by atoms with E-state index >= 15 is 0 Å². The van der Waals surface area contributed by atoms with Crippen LogP contribution in [-0.2, 0) is 0 Å². The van der Waals surface area contributed by atoms with Gasteiger partial charge in [-0.2, -0.15) is 0 Å². The Balaban J connectivity index is 1.78. The Morgan fingerprint density at radius 1 is 1.39 bits per heavy atom. The van der Waals surface area contributed by atoms with Gasteiger partial charge in [0.1, 0.15) is 5.82 Å². The molecule has 122 valence electrons. The number of hydrogen-bond acceptors (Lipinski definition) is 3. The van der Waals surface area contributed by atoms with Gasteiger partial charge in [-0.25, -0.2) is 4.39 Å². The Morgan fingerprint density at radius 2 is 2.13 bits per heavy atom. The molecule has 0 unspecified atom stereocenters. The number of nitrogens with zero attached hydrogens (tertiary/aromatic N) is 1. The van der Waals surface area contributed by atoms with Gasteiger partial charge in [-0.05, 0) is 62.2 Å². The molecule has 1 atom stereocenters. The van der Waals surface area contributed by atoms with E-state index in [1.165, 1.54) is 23.5 Å². The van der Waals surface area contributed by atoms with Crippen LogP contribution >= 0.6 is 11.3 Å². The molecule has 0 bridgehead atoms. The van der Waals surface area contributed by atoms with Crippen LogP contribution in [0.3, 0.4) is 0 Å². The quantitative estimate of drug-likeness (QED) is 0.929. The molecule has 3 rings (SSSR count). The Bertz CT molecular complexity index is 696. The van der Waals surface area contributed by atoms with Crippen LogP contribution in [0.15, 0.2) is 30.3 Å². The summed E-state index contributed by atoms with van der Waals surface area (Å²) in [6, 6.07) is 8.40. The lowest BCUT2D eigenvalue weighted by Crippen LogP contribution is -2.29. The summed E-state index contributed by atoms with van der Waals surface area (Å²) >= 11 is 1.50. The highest BCUT2D eigenvalue weighted by atomic mass is 32.1. The van der Waals surface area contributed by atoms with Crippen LogP contribution in [0, 0.1) is 18.7 Å².